The molecule has 0 bridgehead atoms. The standard InChI is InChI=1S/C17H25NO3/c1-12-6-8-13(9-7-12)16(20)14(18-17(2,3)4)10-11-15(19)21-5/h6-9,14,18H,10-11H2,1-5H3. The minimum atomic E-state index is -0.396. The number of nitrogens with one attached hydrogen (secondary N) is 1. The number of hydrogen-bond donors (Lipinski definition) is 1. The van der Waals surface area contributed by atoms with Gasteiger partial charge >= 0.3 is 5.97 Å². The van der Waals surface area contributed by atoms with Gasteiger partial charge in [0.05, 0.1) is 13.2 Å². The Bertz CT molecular complexity index is 486. The van der Waals surface area contributed by atoms with Crippen LogP contribution in [0, 0.1) is 6.92 Å². The van der Waals surface area contributed by atoms with E-state index in [1.54, 1.807) is 0 Å². The first-order valence-corrected chi connectivity index (χ1v) is 7.18. The fraction of sp³-hybridized carbons (Fsp3) is 0.529. The van der Waals surface area contributed by atoms with Gasteiger partial charge in [-0.05, 0) is 34.1 Å². The summed E-state index contributed by atoms with van der Waals surface area (Å²) in [6.07, 6.45) is 0.651. The first kappa shape index (κ1) is 17.4. The lowest BCUT2D eigenvalue weighted by Gasteiger charge is -2.27. The van der Waals surface area contributed by atoms with Crippen molar-refractivity contribution in [1.29, 1.82) is 0 Å². The van der Waals surface area contributed by atoms with Crippen LogP contribution in [-0.2, 0) is 9.53 Å². The van der Waals surface area contributed by atoms with Crippen molar-refractivity contribution in [2.45, 2.75) is 52.1 Å². The van der Waals surface area contributed by atoms with Crippen molar-refractivity contribution in [1.82, 2.24) is 5.32 Å². The number of carbonyl (C=O) groups is 2. The molecule has 0 radical (unpaired) electrons. The van der Waals surface area contributed by atoms with Gasteiger partial charge in [-0.3, -0.25) is 9.59 Å². The van der Waals surface area contributed by atoms with Crippen LogP contribution in [0.3, 0.4) is 0 Å². The predicted octanol–water partition coefficient (Wildman–Crippen LogP) is 2.89. The molecule has 4 nitrogen and oxygen atoms in total. The van der Waals surface area contributed by atoms with Gasteiger partial charge in [0.2, 0.25) is 0 Å². The average Bonchev–Trinajstić information content (AvgIpc) is 2.42. The van der Waals surface area contributed by atoms with Crippen molar-refractivity contribution in [3.63, 3.8) is 0 Å². The summed E-state index contributed by atoms with van der Waals surface area (Å²) in [7, 11) is 1.36. The van der Waals surface area contributed by atoms with Crippen LogP contribution in [0.5, 0.6) is 0 Å². The Balaban J connectivity index is 2.86. The normalized spacial score (nSPS) is 12.8. The van der Waals surface area contributed by atoms with E-state index in [0.717, 1.165) is 5.56 Å². The second-order valence-corrected chi connectivity index (χ2v) is 6.29. The second-order valence-electron chi connectivity index (χ2n) is 6.29. The maximum atomic E-state index is 12.6. The van der Waals surface area contributed by atoms with Crippen LogP contribution in [0.25, 0.3) is 0 Å². The largest absolute Gasteiger partial charge is 0.469 e. The van der Waals surface area contributed by atoms with E-state index in [0.29, 0.717) is 12.0 Å². The highest BCUT2D eigenvalue weighted by atomic mass is 16.5. The van der Waals surface area contributed by atoms with Crippen molar-refractivity contribution in [3.05, 3.63) is 35.4 Å². The Morgan fingerprint density at radius 2 is 1.76 bits per heavy atom. The van der Waals surface area contributed by atoms with E-state index in [4.69, 9.17) is 0 Å². The minimum absolute atomic E-state index is 0.00817. The van der Waals surface area contributed by atoms with E-state index in [1.807, 2.05) is 52.0 Å². The summed E-state index contributed by atoms with van der Waals surface area (Å²) in [5, 5.41) is 3.29. The number of methoxy groups -OCH3 is 1. The van der Waals surface area contributed by atoms with Gasteiger partial charge in [0.1, 0.15) is 0 Å². The van der Waals surface area contributed by atoms with E-state index in [-0.39, 0.29) is 23.7 Å². The summed E-state index contributed by atoms with van der Waals surface area (Å²) < 4.78 is 4.65. The molecule has 0 saturated heterocycles. The number of esters is 1. The second kappa shape index (κ2) is 7.36. The van der Waals surface area contributed by atoms with Crippen LogP contribution in [0.1, 0.15) is 49.5 Å². The lowest BCUT2D eigenvalue weighted by molar-refractivity contribution is -0.140. The van der Waals surface area contributed by atoms with Gasteiger partial charge in [-0.2, -0.15) is 0 Å². The molecule has 116 valence electrons. The molecule has 0 amide bonds. The van der Waals surface area contributed by atoms with Crippen molar-refractivity contribution in [2.24, 2.45) is 0 Å². The fourth-order valence-corrected chi connectivity index (χ4v) is 2.07. The van der Waals surface area contributed by atoms with Gasteiger partial charge in [0.15, 0.2) is 5.78 Å². The van der Waals surface area contributed by atoms with Crippen molar-refractivity contribution in [2.75, 3.05) is 7.11 Å². The molecule has 21 heavy (non-hydrogen) atoms. The third-order valence-electron chi connectivity index (χ3n) is 3.12. The first-order valence-electron chi connectivity index (χ1n) is 7.18. The summed E-state index contributed by atoms with van der Waals surface area (Å²) >= 11 is 0. The molecule has 1 rings (SSSR count). The molecule has 0 aromatic heterocycles. The summed E-state index contributed by atoms with van der Waals surface area (Å²) in [6, 6.07) is 7.09. The van der Waals surface area contributed by atoms with Crippen molar-refractivity contribution >= 4 is 11.8 Å². The molecule has 1 atom stereocenters. The smallest absolute Gasteiger partial charge is 0.305 e. The van der Waals surface area contributed by atoms with E-state index in [2.05, 4.69) is 10.1 Å². The van der Waals surface area contributed by atoms with Crippen LogP contribution in [0.4, 0.5) is 0 Å². The Labute approximate surface area is 126 Å². The number of carbonyl (C=O) groups excluding carboxylic acids is 2. The lowest BCUT2D eigenvalue weighted by Crippen LogP contribution is -2.48. The number of benzene rings is 1. The Hall–Kier alpha value is -1.68. The summed E-state index contributed by atoms with van der Waals surface area (Å²) in [4.78, 5) is 23.9. The zero-order valence-electron chi connectivity index (χ0n) is 13.5. The van der Waals surface area contributed by atoms with Crippen LogP contribution in [-0.4, -0.2) is 30.4 Å². The van der Waals surface area contributed by atoms with Crippen LogP contribution in [0.2, 0.25) is 0 Å². The molecule has 1 aromatic rings. The Morgan fingerprint density at radius 1 is 1.19 bits per heavy atom. The van der Waals surface area contributed by atoms with E-state index in [1.165, 1.54) is 7.11 Å². The summed E-state index contributed by atoms with van der Waals surface area (Å²) in [5.74, 6) is -0.291. The average molecular weight is 291 g/mol. The van der Waals surface area contributed by atoms with Gasteiger partial charge in [-0.1, -0.05) is 29.8 Å². The van der Waals surface area contributed by atoms with Gasteiger partial charge in [-0.25, -0.2) is 0 Å². The summed E-state index contributed by atoms with van der Waals surface area (Å²) in [5.41, 5.74) is 1.56. The molecule has 0 spiro atoms. The highest BCUT2D eigenvalue weighted by molar-refractivity contribution is 6.00. The topological polar surface area (TPSA) is 55.4 Å². The van der Waals surface area contributed by atoms with Crippen LogP contribution >= 0.6 is 0 Å². The molecule has 0 aliphatic rings. The molecule has 4 heteroatoms. The molecule has 0 aliphatic carbocycles. The predicted molar refractivity (Wildman–Crippen MR) is 83.4 cm³/mol. The van der Waals surface area contributed by atoms with Crippen molar-refractivity contribution < 1.29 is 14.3 Å². The zero-order chi connectivity index (χ0) is 16.0. The van der Waals surface area contributed by atoms with E-state index < -0.39 is 6.04 Å². The van der Waals surface area contributed by atoms with Crippen LogP contribution in [0.15, 0.2) is 24.3 Å². The SMILES string of the molecule is COC(=O)CCC(NC(C)(C)C)C(=O)c1ccc(C)cc1. The maximum absolute atomic E-state index is 12.6. The van der Waals surface area contributed by atoms with E-state index in [9.17, 15) is 9.59 Å². The van der Waals surface area contributed by atoms with E-state index >= 15 is 0 Å². The van der Waals surface area contributed by atoms with Gasteiger partial charge in [-0.15, -0.1) is 0 Å². The molecule has 1 N–H and O–H groups in total. The molecule has 0 saturated carbocycles. The Kier molecular flexibility index (Phi) is 6.09. The molecule has 0 fully saturated rings. The number of ether oxygens (including phenoxy) is 1. The number of rotatable bonds is 6. The maximum Gasteiger partial charge on any atom is 0.305 e. The number of ketones is 1. The first-order chi connectivity index (χ1) is 9.73. The summed E-state index contributed by atoms with van der Waals surface area (Å²) in [6.45, 7) is 7.98. The van der Waals surface area contributed by atoms with Crippen molar-refractivity contribution in [3.8, 4) is 0 Å². The molecule has 1 aromatic carbocycles. The Morgan fingerprint density at radius 3 is 2.24 bits per heavy atom. The minimum Gasteiger partial charge on any atom is -0.469 e. The zero-order valence-corrected chi connectivity index (χ0v) is 13.5. The quantitative estimate of drug-likeness (QED) is 0.647. The molecule has 1 unspecified atom stereocenters. The van der Waals surface area contributed by atoms with Gasteiger partial charge in [0, 0.05) is 17.5 Å². The van der Waals surface area contributed by atoms with Gasteiger partial charge in [0.25, 0.3) is 0 Å². The third kappa shape index (κ3) is 6.08. The lowest BCUT2D eigenvalue weighted by atomic mass is 9.96. The van der Waals surface area contributed by atoms with Gasteiger partial charge < -0.3 is 10.1 Å². The number of aryl methyl sites for hydroxylation is 1. The molecular formula is C17H25NO3. The number of Topliss-reactive ketones (excluding diaryl/α,β-unsaturated/α-hetero) is 1. The molecular weight excluding hydrogens is 266 g/mol. The number of hydrogen-bond acceptors (Lipinski definition) is 4. The van der Waals surface area contributed by atoms with Crippen LogP contribution < -0.4 is 5.32 Å². The highest BCUT2D eigenvalue weighted by Gasteiger charge is 2.25. The highest BCUT2D eigenvalue weighted by Crippen LogP contribution is 2.13. The molecule has 0 aliphatic heterocycles. The fourth-order valence-electron chi connectivity index (χ4n) is 2.07. The monoisotopic (exact) mass is 291 g/mol. The third-order valence-corrected chi connectivity index (χ3v) is 3.12. The molecule has 0 heterocycles.